The maximum Gasteiger partial charge on any atom is 0.0254 e. The van der Waals surface area contributed by atoms with Crippen molar-refractivity contribution in [3.8, 4) is 0 Å². The zero-order valence-electron chi connectivity index (χ0n) is 11.8. The van der Waals surface area contributed by atoms with Crippen LogP contribution in [0.25, 0.3) is 0 Å². The fourth-order valence-electron chi connectivity index (χ4n) is 2.37. The van der Waals surface area contributed by atoms with E-state index in [-0.39, 0.29) is 0 Å². The van der Waals surface area contributed by atoms with Crippen LogP contribution >= 0.6 is 22.6 Å². The molecule has 0 aromatic heterocycles. The molecule has 0 aliphatic rings. The first kappa shape index (κ1) is 15.5. The molecule has 0 bridgehead atoms. The van der Waals surface area contributed by atoms with E-state index >= 15 is 0 Å². The van der Waals surface area contributed by atoms with Crippen LogP contribution in [-0.4, -0.2) is 6.04 Å². The predicted molar refractivity (Wildman–Crippen MR) is 93.5 cm³/mol. The molecule has 3 N–H and O–H groups in total. The van der Waals surface area contributed by atoms with Gasteiger partial charge in [-0.2, -0.15) is 0 Å². The number of hydrazine groups is 1. The number of nitrogens with one attached hydrogen (secondary N) is 1. The third kappa shape index (κ3) is 4.58. The van der Waals surface area contributed by atoms with E-state index in [1.165, 1.54) is 20.3 Å². The van der Waals surface area contributed by atoms with Crippen LogP contribution in [0.3, 0.4) is 0 Å². The molecule has 0 aliphatic carbocycles. The highest BCUT2D eigenvalue weighted by atomic mass is 127. The van der Waals surface area contributed by atoms with Crippen molar-refractivity contribution in [1.82, 2.24) is 5.43 Å². The summed E-state index contributed by atoms with van der Waals surface area (Å²) in [4.78, 5) is 0. The number of halogens is 1. The van der Waals surface area contributed by atoms with Gasteiger partial charge in [0.2, 0.25) is 0 Å². The molecule has 2 aromatic carbocycles. The molecule has 0 heterocycles. The summed E-state index contributed by atoms with van der Waals surface area (Å²) in [6.45, 7) is 2.17. The largest absolute Gasteiger partial charge is 0.271 e. The maximum absolute atomic E-state index is 5.70. The molecule has 3 heteroatoms. The lowest BCUT2D eigenvalue weighted by molar-refractivity contribution is 0.491. The van der Waals surface area contributed by atoms with Crippen molar-refractivity contribution in [2.45, 2.75) is 32.2 Å². The Labute approximate surface area is 134 Å². The minimum absolute atomic E-state index is 0.315. The zero-order chi connectivity index (χ0) is 14.4. The summed E-state index contributed by atoms with van der Waals surface area (Å²) in [7, 11) is 0. The summed E-state index contributed by atoms with van der Waals surface area (Å²) in [6.07, 6.45) is 3.08. The van der Waals surface area contributed by atoms with Gasteiger partial charge in [0, 0.05) is 9.61 Å². The highest BCUT2D eigenvalue weighted by Gasteiger charge is 2.09. The monoisotopic (exact) mass is 380 g/mol. The van der Waals surface area contributed by atoms with Crippen molar-refractivity contribution in [1.29, 1.82) is 0 Å². The summed E-state index contributed by atoms with van der Waals surface area (Å²) in [5.74, 6) is 5.70. The van der Waals surface area contributed by atoms with Crippen molar-refractivity contribution in [3.63, 3.8) is 0 Å². The van der Waals surface area contributed by atoms with E-state index in [9.17, 15) is 0 Å². The van der Waals surface area contributed by atoms with Gasteiger partial charge in [-0.25, -0.2) is 0 Å². The van der Waals surface area contributed by atoms with Crippen molar-refractivity contribution in [3.05, 3.63) is 68.8 Å². The van der Waals surface area contributed by atoms with Crippen LogP contribution in [0, 0.1) is 10.5 Å². The Hall–Kier alpha value is -0.910. The number of hydrogen-bond acceptors (Lipinski definition) is 2. The van der Waals surface area contributed by atoms with E-state index in [1.54, 1.807) is 0 Å². The normalized spacial score (nSPS) is 12.3. The number of nitrogens with two attached hydrogens (primary N) is 1. The van der Waals surface area contributed by atoms with Crippen LogP contribution in [0.1, 0.15) is 23.1 Å². The van der Waals surface area contributed by atoms with Crippen LogP contribution in [0.5, 0.6) is 0 Å². The fourth-order valence-corrected chi connectivity index (χ4v) is 2.73. The molecule has 2 nitrogen and oxygen atoms in total. The number of hydrogen-bond donors (Lipinski definition) is 2. The Morgan fingerprint density at radius 1 is 1.10 bits per heavy atom. The minimum Gasteiger partial charge on any atom is -0.271 e. The van der Waals surface area contributed by atoms with Gasteiger partial charge in [0.1, 0.15) is 0 Å². The van der Waals surface area contributed by atoms with E-state index in [0.29, 0.717) is 6.04 Å². The molecule has 2 rings (SSSR count). The third-order valence-corrected chi connectivity index (χ3v) is 4.37. The fraction of sp³-hybridized carbons (Fsp3) is 0.294. The lowest BCUT2D eigenvalue weighted by Gasteiger charge is -2.16. The second-order valence-corrected chi connectivity index (χ2v) is 6.40. The van der Waals surface area contributed by atoms with Crippen LogP contribution in [0.15, 0.2) is 48.5 Å². The van der Waals surface area contributed by atoms with E-state index < -0.39 is 0 Å². The Balaban J connectivity index is 1.92. The average Bonchev–Trinajstić information content (AvgIpc) is 2.47. The summed E-state index contributed by atoms with van der Waals surface area (Å²) in [6, 6.07) is 17.5. The van der Waals surface area contributed by atoms with Gasteiger partial charge in [-0.05, 0) is 77.6 Å². The topological polar surface area (TPSA) is 38.0 Å². The Bertz CT molecular complexity index is 537. The average molecular weight is 380 g/mol. The second-order valence-electron chi connectivity index (χ2n) is 5.16. The predicted octanol–water partition coefficient (Wildman–Crippen LogP) is 3.61. The number of rotatable bonds is 6. The van der Waals surface area contributed by atoms with Crippen LogP contribution < -0.4 is 11.3 Å². The van der Waals surface area contributed by atoms with Gasteiger partial charge in [0.05, 0.1) is 0 Å². The molecule has 20 heavy (non-hydrogen) atoms. The Morgan fingerprint density at radius 3 is 2.45 bits per heavy atom. The molecule has 0 saturated heterocycles. The molecular weight excluding hydrogens is 359 g/mol. The molecule has 1 atom stereocenters. The van der Waals surface area contributed by atoms with Gasteiger partial charge in [0.15, 0.2) is 0 Å². The van der Waals surface area contributed by atoms with E-state index in [1.807, 2.05) is 0 Å². The first-order valence-electron chi connectivity index (χ1n) is 6.94. The van der Waals surface area contributed by atoms with Gasteiger partial charge < -0.3 is 0 Å². The molecular formula is C17H21IN2. The molecule has 0 spiro atoms. The van der Waals surface area contributed by atoms with Gasteiger partial charge in [-0.15, -0.1) is 0 Å². The number of aryl methyl sites for hydroxylation is 2. The highest BCUT2D eigenvalue weighted by molar-refractivity contribution is 14.1. The lowest BCUT2D eigenvalue weighted by Crippen LogP contribution is -2.37. The first-order chi connectivity index (χ1) is 9.69. The Morgan fingerprint density at radius 2 is 1.80 bits per heavy atom. The van der Waals surface area contributed by atoms with Crippen molar-refractivity contribution in [2.75, 3.05) is 0 Å². The van der Waals surface area contributed by atoms with Crippen molar-refractivity contribution in [2.24, 2.45) is 5.84 Å². The lowest BCUT2D eigenvalue weighted by atomic mass is 9.97. The van der Waals surface area contributed by atoms with E-state index in [0.717, 1.165) is 19.3 Å². The van der Waals surface area contributed by atoms with Gasteiger partial charge >= 0.3 is 0 Å². The smallest absolute Gasteiger partial charge is 0.0254 e. The van der Waals surface area contributed by atoms with Crippen molar-refractivity contribution >= 4 is 22.6 Å². The Kier molecular flexibility index (Phi) is 6.01. The standard InChI is InChI=1S/C17H21IN2/c1-13-4-2-3-5-15(13)8-11-17(20-19)12-14-6-9-16(18)10-7-14/h2-7,9-10,17,20H,8,11-12,19H2,1H3. The first-order valence-corrected chi connectivity index (χ1v) is 8.02. The summed E-state index contributed by atoms with van der Waals surface area (Å²) in [5, 5.41) is 0. The van der Waals surface area contributed by atoms with Crippen LogP contribution in [0.2, 0.25) is 0 Å². The maximum atomic E-state index is 5.70. The van der Waals surface area contributed by atoms with Crippen LogP contribution in [-0.2, 0) is 12.8 Å². The highest BCUT2D eigenvalue weighted by Crippen LogP contribution is 2.14. The molecule has 0 amide bonds. The molecule has 2 aromatic rings. The molecule has 1 unspecified atom stereocenters. The summed E-state index contributed by atoms with van der Waals surface area (Å²) >= 11 is 2.33. The molecule has 0 saturated carbocycles. The van der Waals surface area contributed by atoms with E-state index in [2.05, 4.69) is 83.5 Å². The summed E-state index contributed by atoms with van der Waals surface area (Å²) < 4.78 is 1.27. The number of benzene rings is 2. The zero-order valence-corrected chi connectivity index (χ0v) is 13.9. The van der Waals surface area contributed by atoms with Gasteiger partial charge in [-0.3, -0.25) is 11.3 Å². The van der Waals surface area contributed by atoms with Crippen LogP contribution in [0.4, 0.5) is 0 Å². The minimum atomic E-state index is 0.315. The quantitative estimate of drug-likeness (QED) is 0.457. The second kappa shape index (κ2) is 7.76. The molecule has 106 valence electrons. The van der Waals surface area contributed by atoms with Crippen molar-refractivity contribution < 1.29 is 0 Å². The third-order valence-electron chi connectivity index (χ3n) is 3.65. The molecule has 0 radical (unpaired) electrons. The van der Waals surface area contributed by atoms with Gasteiger partial charge in [0.25, 0.3) is 0 Å². The molecule has 0 aliphatic heterocycles. The summed E-state index contributed by atoms with van der Waals surface area (Å²) in [5.41, 5.74) is 7.06. The molecule has 0 fully saturated rings. The van der Waals surface area contributed by atoms with Gasteiger partial charge in [-0.1, -0.05) is 36.4 Å². The van der Waals surface area contributed by atoms with E-state index in [4.69, 9.17) is 5.84 Å². The SMILES string of the molecule is Cc1ccccc1CCC(Cc1ccc(I)cc1)NN.